The Bertz CT molecular complexity index is 367. The standard InChI is InChI=1S/C12H18N2O3/c1-9(2)17-12(15)14-7-8-16-11-6-4-3-5-10(11)13/h3-6,9H,7-8,13H2,1-2H3,(H,14,15). The minimum Gasteiger partial charge on any atom is -0.490 e. The third kappa shape index (κ3) is 5.10. The van der Waals surface area contributed by atoms with Crippen LogP contribution < -0.4 is 15.8 Å². The van der Waals surface area contributed by atoms with Gasteiger partial charge in [0.05, 0.1) is 18.3 Å². The number of alkyl carbamates (subject to hydrolysis) is 1. The van der Waals surface area contributed by atoms with Crippen molar-refractivity contribution in [3.8, 4) is 5.75 Å². The van der Waals surface area contributed by atoms with Gasteiger partial charge in [-0.2, -0.15) is 0 Å². The molecule has 5 nitrogen and oxygen atoms in total. The quantitative estimate of drug-likeness (QED) is 0.605. The smallest absolute Gasteiger partial charge is 0.407 e. The summed E-state index contributed by atoms with van der Waals surface area (Å²) in [6, 6.07) is 7.21. The molecule has 0 unspecified atom stereocenters. The van der Waals surface area contributed by atoms with Gasteiger partial charge >= 0.3 is 6.09 Å². The first-order chi connectivity index (χ1) is 8.09. The number of hydrogen-bond acceptors (Lipinski definition) is 4. The average Bonchev–Trinajstić information content (AvgIpc) is 2.25. The van der Waals surface area contributed by atoms with Gasteiger partial charge in [-0.1, -0.05) is 12.1 Å². The molecular weight excluding hydrogens is 220 g/mol. The van der Waals surface area contributed by atoms with Crippen molar-refractivity contribution in [3.05, 3.63) is 24.3 Å². The number of ether oxygens (including phenoxy) is 2. The molecule has 0 aliphatic rings. The van der Waals surface area contributed by atoms with Crippen molar-refractivity contribution in [1.29, 1.82) is 0 Å². The van der Waals surface area contributed by atoms with E-state index in [9.17, 15) is 4.79 Å². The van der Waals surface area contributed by atoms with E-state index in [1.807, 2.05) is 12.1 Å². The maximum absolute atomic E-state index is 11.1. The van der Waals surface area contributed by atoms with E-state index in [1.165, 1.54) is 0 Å². The predicted octanol–water partition coefficient (Wildman–Crippen LogP) is 1.78. The Hall–Kier alpha value is -1.91. The zero-order valence-electron chi connectivity index (χ0n) is 10.1. The third-order valence-electron chi connectivity index (χ3n) is 1.89. The summed E-state index contributed by atoms with van der Waals surface area (Å²) in [5.74, 6) is 0.617. The van der Waals surface area contributed by atoms with Crippen LogP contribution in [0.25, 0.3) is 0 Å². The minimum atomic E-state index is -0.440. The van der Waals surface area contributed by atoms with Gasteiger partial charge in [-0.3, -0.25) is 0 Å². The molecule has 0 radical (unpaired) electrons. The second-order valence-electron chi connectivity index (χ2n) is 3.77. The highest BCUT2D eigenvalue weighted by atomic mass is 16.6. The molecule has 0 fully saturated rings. The predicted molar refractivity (Wildman–Crippen MR) is 66.0 cm³/mol. The van der Waals surface area contributed by atoms with Crippen LogP contribution in [0.2, 0.25) is 0 Å². The summed E-state index contributed by atoms with van der Waals surface area (Å²) in [5, 5.41) is 2.58. The maximum atomic E-state index is 11.1. The van der Waals surface area contributed by atoms with Gasteiger partial charge in [0, 0.05) is 0 Å². The van der Waals surface area contributed by atoms with Crippen molar-refractivity contribution >= 4 is 11.8 Å². The molecule has 1 amide bonds. The van der Waals surface area contributed by atoms with Crippen molar-refractivity contribution < 1.29 is 14.3 Å². The average molecular weight is 238 g/mol. The second-order valence-corrected chi connectivity index (χ2v) is 3.77. The van der Waals surface area contributed by atoms with Crippen LogP contribution in [0.15, 0.2) is 24.3 Å². The molecule has 1 aromatic carbocycles. The molecule has 17 heavy (non-hydrogen) atoms. The Labute approximate surface area is 101 Å². The summed E-state index contributed by atoms with van der Waals surface area (Å²) in [7, 11) is 0. The van der Waals surface area contributed by atoms with Crippen LogP contribution in [0.3, 0.4) is 0 Å². The molecular formula is C12H18N2O3. The largest absolute Gasteiger partial charge is 0.490 e. The molecule has 0 heterocycles. The van der Waals surface area contributed by atoms with Crippen molar-refractivity contribution in [2.45, 2.75) is 20.0 Å². The summed E-state index contributed by atoms with van der Waals surface area (Å²) in [6.07, 6.45) is -0.565. The van der Waals surface area contributed by atoms with Gasteiger partial charge < -0.3 is 20.5 Å². The summed E-state index contributed by atoms with van der Waals surface area (Å²) < 4.78 is 10.3. The van der Waals surface area contributed by atoms with Gasteiger partial charge in [-0.25, -0.2) is 4.79 Å². The molecule has 0 saturated heterocycles. The number of para-hydroxylation sites is 2. The lowest BCUT2D eigenvalue weighted by molar-refractivity contribution is 0.114. The third-order valence-corrected chi connectivity index (χ3v) is 1.89. The van der Waals surface area contributed by atoms with Crippen LogP contribution in [0.5, 0.6) is 5.75 Å². The Morgan fingerprint density at radius 2 is 2.12 bits per heavy atom. The van der Waals surface area contributed by atoms with Gasteiger partial charge in [0.1, 0.15) is 12.4 Å². The van der Waals surface area contributed by atoms with E-state index in [2.05, 4.69) is 5.32 Å². The monoisotopic (exact) mass is 238 g/mol. The molecule has 0 atom stereocenters. The van der Waals surface area contributed by atoms with Crippen LogP contribution >= 0.6 is 0 Å². The summed E-state index contributed by atoms with van der Waals surface area (Å²) >= 11 is 0. The number of carbonyl (C=O) groups excluding carboxylic acids is 1. The number of rotatable bonds is 5. The normalized spacial score (nSPS) is 10.1. The fourth-order valence-corrected chi connectivity index (χ4v) is 1.18. The van der Waals surface area contributed by atoms with Gasteiger partial charge in [0.15, 0.2) is 0 Å². The van der Waals surface area contributed by atoms with Crippen LogP contribution in [-0.4, -0.2) is 25.3 Å². The molecule has 0 spiro atoms. The first-order valence-corrected chi connectivity index (χ1v) is 5.51. The zero-order valence-corrected chi connectivity index (χ0v) is 10.1. The van der Waals surface area contributed by atoms with Crippen LogP contribution in [-0.2, 0) is 4.74 Å². The number of nitrogen functional groups attached to an aromatic ring is 1. The lowest BCUT2D eigenvalue weighted by atomic mass is 10.3. The Kier molecular flexibility index (Phi) is 5.13. The van der Waals surface area contributed by atoms with Gasteiger partial charge in [-0.15, -0.1) is 0 Å². The molecule has 5 heteroatoms. The van der Waals surface area contributed by atoms with E-state index in [0.717, 1.165) is 0 Å². The Morgan fingerprint density at radius 1 is 1.41 bits per heavy atom. The highest BCUT2D eigenvalue weighted by Gasteiger charge is 2.04. The molecule has 0 saturated carbocycles. The highest BCUT2D eigenvalue weighted by molar-refractivity contribution is 5.67. The van der Waals surface area contributed by atoms with Gasteiger partial charge in [0.2, 0.25) is 0 Å². The number of nitrogens with one attached hydrogen (secondary N) is 1. The maximum Gasteiger partial charge on any atom is 0.407 e. The second kappa shape index (κ2) is 6.62. The van der Waals surface area contributed by atoms with E-state index in [1.54, 1.807) is 26.0 Å². The van der Waals surface area contributed by atoms with Crippen LogP contribution in [0.4, 0.5) is 10.5 Å². The van der Waals surface area contributed by atoms with E-state index in [4.69, 9.17) is 15.2 Å². The summed E-state index contributed by atoms with van der Waals surface area (Å²) in [5.41, 5.74) is 6.27. The number of nitrogens with two attached hydrogens (primary N) is 1. The van der Waals surface area contributed by atoms with E-state index < -0.39 is 6.09 Å². The minimum absolute atomic E-state index is 0.124. The topological polar surface area (TPSA) is 73.6 Å². The molecule has 0 bridgehead atoms. The number of carbonyl (C=O) groups is 1. The zero-order chi connectivity index (χ0) is 12.7. The highest BCUT2D eigenvalue weighted by Crippen LogP contribution is 2.19. The van der Waals surface area contributed by atoms with Crippen LogP contribution in [0, 0.1) is 0 Å². The summed E-state index contributed by atoms with van der Waals surface area (Å²) in [6.45, 7) is 4.31. The lowest BCUT2D eigenvalue weighted by Crippen LogP contribution is -2.30. The molecule has 1 aromatic rings. The molecule has 1 rings (SSSR count). The van der Waals surface area contributed by atoms with Gasteiger partial charge in [0.25, 0.3) is 0 Å². The van der Waals surface area contributed by atoms with Crippen molar-refractivity contribution in [2.75, 3.05) is 18.9 Å². The van der Waals surface area contributed by atoms with E-state index in [-0.39, 0.29) is 6.10 Å². The van der Waals surface area contributed by atoms with Crippen molar-refractivity contribution in [3.63, 3.8) is 0 Å². The fourth-order valence-electron chi connectivity index (χ4n) is 1.18. The van der Waals surface area contributed by atoms with E-state index in [0.29, 0.717) is 24.6 Å². The first-order valence-electron chi connectivity index (χ1n) is 5.51. The van der Waals surface area contributed by atoms with E-state index >= 15 is 0 Å². The lowest BCUT2D eigenvalue weighted by Gasteiger charge is -2.11. The summed E-state index contributed by atoms with van der Waals surface area (Å²) in [4.78, 5) is 11.1. The molecule has 0 aromatic heterocycles. The first kappa shape index (κ1) is 13.2. The van der Waals surface area contributed by atoms with Crippen LogP contribution in [0.1, 0.15) is 13.8 Å². The molecule has 0 aliphatic carbocycles. The SMILES string of the molecule is CC(C)OC(=O)NCCOc1ccccc1N. The number of amides is 1. The number of anilines is 1. The van der Waals surface area contributed by atoms with Crippen molar-refractivity contribution in [1.82, 2.24) is 5.32 Å². The number of benzene rings is 1. The Morgan fingerprint density at radius 3 is 2.76 bits per heavy atom. The molecule has 94 valence electrons. The molecule has 3 N–H and O–H groups in total. The Balaban J connectivity index is 2.21. The number of hydrogen-bond donors (Lipinski definition) is 2. The van der Waals surface area contributed by atoms with Crippen molar-refractivity contribution in [2.24, 2.45) is 0 Å². The fraction of sp³-hybridized carbons (Fsp3) is 0.417. The van der Waals surface area contributed by atoms with Gasteiger partial charge in [-0.05, 0) is 26.0 Å². The molecule has 0 aliphatic heterocycles.